The SMILES string of the molecule is COc1cccc(Nc2c(C#N)cnc3c(I)cccc23)c1. The first-order chi connectivity index (χ1) is 10.7. The number of anilines is 2. The predicted molar refractivity (Wildman–Crippen MR) is 95.5 cm³/mol. The largest absolute Gasteiger partial charge is 0.497 e. The van der Waals surface area contributed by atoms with Crippen molar-refractivity contribution in [3.63, 3.8) is 0 Å². The summed E-state index contributed by atoms with van der Waals surface area (Å²) in [6.07, 6.45) is 1.60. The van der Waals surface area contributed by atoms with Gasteiger partial charge in [0, 0.05) is 26.9 Å². The fourth-order valence-electron chi connectivity index (χ4n) is 2.25. The van der Waals surface area contributed by atoms with Gasteiger partial charge in [-0.3, -0.25) is 4.98 Å². The molecule has 3 rings (SSSR count). The zero-order valence-electron chi connectivity index (χ0n) is 11.8. The highest BCUT2D eigenvalue weighted by Gasteiger charge is 2.11. The average molecular weight is 401 g/mol. The number of hydrogen-bond donors (Lipinski definition) is 1. The Bertz CT molecular complexity index is 887. The van der Waals surface area contributed by atoms with Gasteiger partial charge in [0.25, 0.3) is 0 Å². The van der Waals surface area contributed by atoms with E-state index in [1.165, 1.54) is 0 Å². The number of nitrogens with zero attached hydrogens (tertiary/aromatic N) is 2. The third kappa shape index (κ3) is 2.70. The van der Waals surface area contributed by atoms with Crippen LogP contribution in [0.15, 0.2) is 48.7 Å². The van der Waals surface area contributed by atoms with Gasteiger partial charge in [0.2, 0.25) is 0 Å². The third-order valence-electron chi connectivity index (χ3n) is 3.31. The standard InChI is InChI=1S/C17H12IN3O/c1-22-13-5-2-4-12(8-13)21-16-11(9-19)10-20-17-14(16)6-3-7-15(17)18/h2-8,10H,1H3,(H,20,21). The number of pyridine rings is 1. The van der Waals surface area contributed by atoms with Gasteiger partial charge in [0.1, 0.15) is 11.8 Å². The number of ether oxygens (including phenoxy) is 1. The van der Waals surface area contributed by atoms with Gasteiger partial charge in [-0.15, -0.1) is 0 Å². The van der Waals surface area contributed by atoms with Crippen LogP contribution in [0.2, 0.25) is 0 Å². The molecule has 0 aliphatic rings. The first kappa shape index (κ1) is 14.6. The lowest BCUT2D eigenvalue weighted by Gasteiger charge is -2.12. The number of nitrogens with one attached hydrogen (secondary N) is 1. The second kappa shape index (κ2) is 6.20. The van der Waals surface area contributed by atoms with Crippen molar-refractivity contribution < 1.29 is 4.74 Å². The fourth-order valence-corrected chi connectivity index (χ4v) is 2.89. The zero-order chi connectivity index (χ0) is 15.5. The Balaban J connectivity index is 2.16. The van der Waals surface area contributed by atoms with Gasteiger partial charge in [0.05, 0.1) is 23.9 Å². The minimum atomic E-state index is 0.511. The second-order valence-corrected chi connectivity index (χ2v) is 5.81. The highest BCUT2D eigenvalue weighted by Crippen LogP contribution is 2.31. The Kier molecular flexibility index (Phi) is 4.11. The van der Waals surface area contributed by atoms with Crippen molar-refractivity contribution in [2.24, 2.45) is 0 Å². The van der Waals surface area contributed by atoms with Crippen LogP contribution in [0, 0.1) is 14.9 Å². The van der Waals surface area contributed by atoms with Crippen molar-refractivity contribution in [2.75, 3.05) is 12.4 Å². The molecular formula is C17H12IN3O. The van der Waals surface area contributed by atoms with E-state index in [1.54, 1.807) is 13.3 Å². The van der Waals surface area contributed by atoms with Crippen LogP contribution in [-0.4, -0.2) is 12.1 Å². The van der Waals surface area contributed by atoms with Crippen molar-refractivity contribution >= 4 is 44.9 Å². The molecule has 0 aliphatic heterocycles. The van der Waals surface area contributed by atoms with E-state index in [-0.39, 0.29) is 0 Å². The fraction of sp³-hybridized carbons (Fsp3) is 0.0588. The number of para-hydroxylation sites is 1. The Morgan fingerprint density at radius 1 is 1.23 bits per heavy atom. The van der Waals surface area contributed by atoms with E-state index in [0.29, 0.717) is 5.56 Å². The van der Waals surface area contributed by atoms with Gasteiger partial charge in [-0.2, -0.15) is 5.26 Å². The number of nitriles is 1. The summed E-state index contributed by atoms with van der Waals surface area (Å²) >= 11 is 2.25. The van der Waals surface area contributed by atoms with Gasteiger partial charge in [0.15, 0.2) is 0 Å². The number of methoxy groups -OCH3 is 1. The molecule has 0 spiro atoms. The molecule has 0 radical (unpaired) electrons. The predicted octanol–water partition coefficient (Wildman–Crippen LogP) is 4.46. The second-order valence-electron chi connectivity index (χ2n) is 4.65. The molecule has 1 aromatic heterocycles. The zero-order valence-corrected chi connectivity index (χ0v) is 14.0. The molecule has 108 valence electrons. The molecular weight excluding hydrogens is 389 g/mol. The van der Waals surface area contributed by atoms with Gasteiger partial charge >= 0.3 is 0 Å². The van der Waals surface area contributed by atoms with Crippen molar-refractivity contribution in [3.05, 3.63) is 57.8 Å². The number of halogens is 1. The maximum atomic E-state index is 9.37. The van der Waals surface area contributed by atoms with Crippen LogP contribution < -0.4 is 10.1 Å². The maximum Gasteiger partial charge on any atom is 0.120 e. The van der Waals surface area contributed by atoms with E-state index in [0.717, 1.165) is 31.6 Å². The first-order valence-corrected chi connectivity index (χ1v) is 7.69. The van der Waals surface area contributed by atoms with Crippen molar-refractivity contribution in [3.8, 4) is 11.8 Å². The summed E-state index contributed by atoms with van der Waals surface area (Å²) in [6, 6.07) is 15.7. The summed E-state index contributed by atoms with van der Waals surface area (Å²) in [4.78, 5) is 4.39. The molecule has 22 heavy (non-hydrogen) atoms. The van der Waals surface area contributed by atoms with Crippen molar-refractivity contribution in [1.82, 2.24) is 4.98 Å². The van der Waals surface area contributed by atoms with Gasteiger partial charge in [-0.25, -0.2) is 0 Å². The highest BCUT2D eigenvalue weighted by atomic mass is 127. The van der Waals surface area contributed by atoms with Crippen molar-refractivity contribution in [2.45, 2.75) is 0 Å². The Morgan fingerprint density at radius 2 is 2.05 bits per heavy atom. The van der Waals surface area contributed by atoms with Crippen LogP contribution in [0.5, 0.6) is 5.75 Å². The minimum absolute atomic E-state index is 0.511. The van der Waals surface area contributed by atoms with E-state index in [1.807, 2.05) is 42.5 Å². The van der Waals surface area contributed by atoms with Crippen LogP contribution in [0.4, 0.5) is 11.4 Å². The molecule has 0 unspecified atom stereocenters. The highest BCUT2D eigenvalue weighted by molar-refractivity contribution is 14.1. The van der Waals surface area contributed by atoms with E-state index in [4.69, 9.17) is 4.74 Å². The summed E-state index contributed by atoms with van der Waals surface area (Å²) in [7, 11) is 1.63. The number of aromatic nitrogens is 1. The lowest BCUT2D eigenvalue weighted by molar-refractivity contribution is 0.415. The normalized spacial score (nSPS) is 10.2. The lowest BCUT2D eigenvalue weighted by Crippen LogP contribution is -1.98. The number of rotatable bonds is 3. The van der Waals surface area contributed by atoms with Crippen LogP contribution in [-0.2, 0) is 0 Å². The number of hydrogen-bond acceptors (Lipinski definition) is 4. The first-order valence-electron chi connectivity index (χ1n) is 6.61. The molecule has 0 bridgehead atoms. The summed E-state index contributed by atoms with van der Waals surface area (Å²) in [5.41, 5.74) is 3.02. The smallest absolute Gasteiger partial charge is 0.120 e. The third-order valence-corrected chi connectivity index (χ3v) is 4.18. The maximum absolute atomic E-state index is 9.37. The molecule has 3 aromatic rings. The summed E-state index contributed by atoms with van der Waals surface area (Å²) in [6.45, 7) is 0. The molecule has 1 heterocycles. The van der Waals surface area contributed by atoms with E-state index < -0.39 is 0 Å². The van der Waals surface area contributed by atoms with E-state index >= 15 is 0 Å². The molecule has 0 aliphatic carbocycles. The van der Waals surface area contributed by atoms with Crippen LogP contribution in [0.1, 0.15) is 5.56 Å². The van der Waals surface area contributed by atoms with Crippen LogP contribution in [0.25, 0.3) is 10.9 Å². The van der Waals surface area contributed by atoms with Crippen LogP contribution in [0.3, 0.4) is 0 Å². The molecule has 4 nitrogen and oxygen atoms in total. The van der Waals surface area contributed by atoms with Gasteiger partial charge in [-0.05, 0) is 40.8 Å². The van der Waals surface area contributed by atoms with E-state index in [9.17, 15) is 5.26 Å². The number of benzene rings is 2. The number of fused-ring (bicyclic) bond motifs is 1. The summed E-state index contributed by atoms with van der Waals surface area (Å²) in [5, 5.41) is 13.6. The Labute approximate surface area is 141 Å². The van der Waals surface area contributed by atoms with E-state index in [2.05, 4.69) is 39.0 Å². The topological polar surface area (TPSA) is 57.9 Å². The molecule has 0 saturated carbocycles. The monoisotopic (exact) mass is 401 g/mol. The lowest BCUT2D eigenvalue weighted by atomic mass is 10.1. The molecule has 0 amide bonds. The molecule has 1 N–H and O–H groups in total. The Morgan fingerprint density at radius 3 is 2.82 bits per heavy atom. The molecule has 0 saturated heterocycles. The van der Waals surface area contributed by atoms with Crippen molar-refractivity contribution in [1.29, 1.82) is 5.26 Å². The summed E-state index contributed by atoms with van der Waals surface area (Å²) < 4.78 is 6.29. The minimum Gasteiger partial charge on any atom is -0.497 e. The molecule has 5 heteroatoms. The summed E-state index contributed by atoms with van der Waals surface area (Å²) in [5.74, 6) is 0.761. The quantitative estimate of drug-likeness (QED) is 0.659. The molecule has 0 fully saturated rings. The van der Waals surface area contributed by atoms with Crippen LogP contribution >= 0.6 is 22.6 Å². The van der Waals surface area contributed by atoms with Gasteiger partial charge < -0.3 is 10.1 Å². The Hall–Kier alpha value is -2.33. The molecule has 0 atom stereocenters. The molecule has 2 aromatic carbocycles. The van der Waals surface area contributed by atoms with Gasteiger partial charge in [-0.1, -0.05) is 18.2 Å². The average Bonchev–Trinajstić information content (AvgIpc) is 2.56.